The topological polar surface area (TPSA) is 82.0 Å². The number of halogens is 1. The van der Waals surface area contributed by atoms with E-state index >= 15 is 0 Å². The second-order valence-electron chi connectivity index (χ2n) is 7.24. The van der Waals surface area contributed by atoms with Gasteiger partial charge in [0.2, 0.25) is 0 Å². The average molecular weight is 457 g/mol. The minimum Gasteiger partial charge on any atom is -0.396 e. The summed E-state index contributed by atoms with van der Waals surface area (Å²) in [6.07, 6.45) is 0.308. The van der Waals surface area contributed by atoms with Crippen molar-refractivity contribution in [2.45, 2.75) is 24.4 Å². The van der Waals surface area contributed by atoms with Crippen molar-refractivity contribution in [3.63, 3.8) is 0 Å². The third-order valence-electron chi connectivity index (χ3n) is 5.15. The Morgan fingerprint density at radius 3 is 2.35 bits per heavy atom. The summed E-state index contributed by atoms with van der Waals surface area (Å²) in [5.74, 6) is 0.564. The summed E-state index contributed by atoms with van der Waals surface area (Å²) in [4.78, 5) is 31.6. The normalized spacial score (nSPS) is 11.4. The molecule has 0 aliphatic heterocycles. The lowest BCUT2D eigenvalue weighted by molar-refractivity contribution is 0.277. The maximum atomic E-state index is 13.3. The van der Waals surface area contributed by atoms with Gasteiger partial charge in [0.05, 0.1) is 0 Å². The Bertz CT molecular complexity index is 1360. The maximum absolute atomic E-state index is 13.3. The molecule has 0 unspecified atom stereocenters. The van der Waals surface area contributed by atoms with Gasteiger partial charge in [-0.05, 0) is 48.4 Å². The van der Waals surface area contributed by atoms with Crippen LogP contribution in [0.4, 0.5) is 0 Å². The second kappa shape index (κ2) is 8.74. The molecule has 0 atom stereocenters. The second-order valence-corrected chi connectivity index (χ2v) is 8.20. The van der Waals surface area contributed by atoms with Gasteiger partial charge in [-0.25, -0.2) is 9.78 Å². The fourth-order valence-corrected chi connectivity index (χ4v) is 3.83. The third-order valence-corrected chi connectivity index (χ3v) is 5.70. The molecule has 2 aromatic heterocycles. The first kappa shape index (κ1) is 21.4. The van der Waals surface area contributed by atoms with Crippen LogP contribution in [0.2, 0.25) is 5.02 Å². The fourth-order valence-electron chi connectivity index (χ4n) is 3.55. The van der Waals surface area contributed by atoms with Gasteiger partial charge in [-0.2, -0.15) is 0 Å². The number of rotatable bonds is 6. The molecule has 0 fully saturated rings. The van der Waals surface area contributed by atoms with E-state index < -0.39 is 11.2 Å². The van der Waals surface area contributed by atoms with Gasteiger partial charge in [0.15, 0.2) is 11.2 Å². The van der Waals surface area contributed by atoms with Crippen LogP contribution in [0.3, 0.4) is 0 Å². The zero-order valence-corrected chi connectivity index (χ0v) is 18.5. The minimum atomic E-state index is -0.460. The average Bonchev–Trinajstić information content (AvgIpc) is 3.14. The Hall–Kier alpha value is -2.81. The molecule has 9 heteroatoms. The van der Waals surface area contributed by atoms with E-state index in [0.29, 0.717) is 35.0 Å². The number of hydrogen-bond donors (Lipinski definition) is 2. The number of aliphatic hydroxyl groups excluding tert-OH is 1. The molecule has 7 nitrogen and oxygen atoms in total. The highest BCUT2D eigenvalue weighted by Crippen LogP contribution is 2.25. The van der Waals surface area contributed by atoms with E-state index in [0.717, 1.165) is 20.6 Å². The quantitative estimate of drug-likeness (QED) is 0.437. The zero-order chi connectivity index (χ0) is 22.1. The highest BCUT2D eigenvalue weighted by molar-refractivity contribution is 7.80. The van der Waals surface area contributed by atoms with Gasteiger partial charge in [-0.3, -0.25) is 13.9 Å². The van der Waals surface area contributed by atoms with Crippen LogP contribution in [0.5, 0.6) is 0 Å². The first-order valence-electron chi connectivity index (χ1n) is 9.75. The van der Waals surface area contributed by atoms with E-state index in [1.165, 1.54) is 4.57 Å². The SMILES string of the molecule is Cn1c(=O)n(CCCO)c(=O)c2c1nc(-c1ccc(Cl)cc1)n2Cc1ccc(S)cc1. The van der Waals surface area contributed by atoms with E-state index in [1.807, 2.05) is 41.0 Å². The largest absolute Gasteiger partial charge is 0.396 e. The Labute approximate surface area is 188 Å². The van der Waals surface area contributed by atoms with Gasteiger partial charge < -0.3 is 9.67 Å². The van der Waals surface area contributed by atoms with Crippen molar-refractivity contribution in [1.29, 1.82) is 0 Å². The van der Waals surface area contributed by atoms with Crippen LogP contribution < -0.4 is 11.2 Å². The standard InChI is InChI=1S/C22H21ClN4O3S/c1-25-20-18(21(29)26(22(25)30)11-2-12-28)27(13-14-3-9-17(31)10-4-14)19(24-20)15-5-7-16(23)8-6-15/h3-10,28,31H,2,11-13H2,1H3. The predicted molar refractivity (Wildman–Crippen MR) is 124 cm³/mol. The molecule has 4 aromatic rings. The number of benzene rings is 2. The Morgan fingerprint density at radius 1 is 1.03 bits per heavy atom. The van der Waals surface area contributed by atoms with Crippen molar-refractivity contribution in [1.82, 2.24) is 18.7 Å². The number of aromatic nitrogens is 4. The zero-order valence-electron chi connectivity index (χ0n) is 16.8. The highest BCUT2D eigenvalue weighted by atomic mass is 35.5. The van der Waals surface area contributed by atoms with Crippen molar-refractivity contribution in [2.75, 3.05) is 6.61 Å². The van der Waals surface area contributed by atoms with E-state index in [1.54, 1.807) is 19.2 Å². The fraction of sp³-hybridized carbons (Fsp3) is 0.227. The molecule has 2 aromatic carbocycles. The molecule has 0 radical (unpaired) electrons. The molecular formula is C22H21ClN4O3S. The lowest BCUT2D eigenvalue weighted by atomic mass is 10.2. The number of hydrogen-bond acceptors (Lipinski definition) is 5. The van der Waals surface area contributed by atoms with E-state index in [9.17, 15) is 14.7 Å². The summed E-state index contributed by atoms with van der Waals surface area (Å²) in [6.45, 7) is 0.405. The van der Waals surface area contributed by atoms with Crippen LogP contribution in [0.25, 0.3) is 22.6 Å². The Morgan fingerprint density at radius 2 is 1.71 bits per heavy atom. The summed E-state index contributed by atoms with van der Waals surface area (Å²) in [7, 11) is 1.60. The van der Waals surface area contributed by atoms with Crippen LogP contribution in [0.1, 0.15) is 12.0 Å². The molecule has 0 aliphatic carbocycles. The van der Waals surface area contributed by atoms with Gasteiger partial charge in [0.1, 0.15) is 5.82 Å². The van der Waals surface area contributed by atoms with Gasteiger partial charge in [0, 0.05) is 42.2 Å². The van der Waals surface area contributed by atoms with Crippen molar-refractivity contribution in [2.24, 2.45) is 7.05 Å². The summed E-state index contributed by atoms with van der Waals surface area (Å²) in [5.41, 5.74) is 1.50. The summed E-state index contributed by atoms with van der Waals surface area (Å²) in [5, 5.41) is 9.77. The van der Waals surface area contributed by atoms with Crippen molar-refractivity contribution in [3.05, 3.63) is 80.0 Å². The Balaban J connectivity index is 2.01. The molecule has 2 heterocycles. The summed E-state index contributed by atoms with van der Waals surface area (Å²) >= 11 is 10.4. The number of aliphatic hydroxyl groups is 1. The number of imidazole rings is 1. The van der Waals surface area contributed by atoms with Crippen LogP contribution in [-0.2, 0) is 20.1 Å². The van der Waals surface area contributed by atoms with Crippen LogP contribution in [-0.4, -0.2) is 30.4 Å². The molecule has 160 valence electrons. The molecule has 4 rings (SSSR count). The molecule has 0 amide bonds. The van der Waals surface area contributed by atoms with Crippen molar-refractivity contribution < 1.29 is 5.11 Å². The molecule has 0 spiro atoms. The van der Waals surface area contributed by atoms with Gasteiger partial charge >= 0.3 is 5.69 Å². The molecule has 0 saturated carbocycles. The van der Waals surface area contributed by atoms with Gasteiger partial charge in [0.25, 0.3) is 5.56 Å². The first-order valence-corrected chi connectivity index (χ1v) is 10.6. The van der Waals surface area contributed by atoms with Gasteiger partial charge in [-0.1, -0.05) is 23.7 Å². The molecular weight excluding hydrogens is 436 g/mol. The lowest BCUT2D eigenvalue weighted by Gasteiger charge is -2.11. The summed E-state index contributed by atoms with van der Waals surface area (Å²) < 4.78 is 4.35. The van der Waals surface area contributed by atoms with E-state index in [-0.39, 0.29) is 13.2 Å². The number of thiol groups is 1. The lowest BCUT2D eigenvalue weighted by Crippen LogP contribution is -2.39. The number of fused-ring (bicyclic) bond motifs is 1. The maximum Gasteiger partial charge on any atom is 0.332 e. The highest BCUT2D eigenvalue weighted by Gasteiger charge is 2.21. The number of aryl methyl sites for hydroxylation is 1. The van der Waals surface area contributed by atoms with Crippen molar-refractivity contribution >= 4 is 35.4 Å². The van der Waals surface area contributed by atoms with E-state index in [2.05, 4.69) is 17.6 Å². The van der Waals surface area contributed by atoms with Crippen LogP contribution in [0, 0.1) is 0 Å². The molecule has 0 aliphatic rings. The minimum absolute atomic E-state index is 0.112. The molecule has 0 bridgehead atoms. The Kier molecular flexibility index (Phi) is 6.04. The molecule has 0 saturated heterocycles. The van der Waals surface area contributed by atoms with Crippen LogP contribution in [0.15, 0.2) is 63.0 Å². The number of nitrogens with zero attached hydrogens (tertiary/aromatic N) is 4. The van der Waals surface area contributed by atoms with Gasteiger partial charge in [-0.15, -0.1) is 12.6 Å². The smallest absolute Gasteiger partial charge is 0.332 e. The van der Waals surface area contributed by atoms with Crippen molar-refractivity contribution in [3.8, 4) is 11.4 Å². The third kappa shape index (κ3) is 4.06. The monoisotopic (exact) mass is 456 g/mol. The first-order chi connectivity index (χ1) is 14.9. The molecule has 1 N–H and O–H groups in total. The van der Waals surface area contributed by atoms with E-state index in [4.69, 9.17) is 11.6 Å². The molecule has 31 heavy (non-hydrogen) atoms. The summed E-state index contributed by atoms with van der Waals surface area (Å²) in [6, 6.07) is 14.8. The predicted octanol–water partition coefficient (Wildman–Crippen LogP) is 2.94. The van der Waals surface area contributed by atoms with Crippen LogP contribution >= 0.6 is 24.2 Å².